The summed E-state index contributed by atoms with van der Waals surface area (Å²) in [4.78, 5) is 0. The Morgan fingerprint density at radius 2 is 1.76 bits per heavy atom. The summed E-state index contributed by atoms with van der Waals surface area (Å²) < 4.78 is 32.6. The van der Waals surface area contributed by atoms with Crippen LogP contribution in [0.1, 0.15) is 32.6 Å². The van der Waals surface area contributed by atoms with E-state index in [-0.39, 0.29) is 17.5 Å². The molecule has 2 unspecified atom stereocenters. The van der Waals surface area contributed by atoms with E-state index in [1.807, 2.05) is 0 Å². The van der Waals surface area contributed by atoms with Gasteiger partial charge in [-0.3, -0.25) is 0 Å². The zero-order valence-corrected chi connectivity index (χ0v) is 9.88. The van der Waals surface area contributed by atoms with Gasteiger partial charge in [-0.05, 0) is 25.2 Å². The largest absolute Gasteiger partial charge is 0.484 e. The first-order valence-corrected chi connectivity index (χ1v) is 5.99. The molecule has 0 amide bonds. The van der Waals surface area contributed by atoms with Gasteiger partial charge in [-0.1, -0.05) is 13.3 Å². The number of halogens is 2. The van der Waals surface area contributed by atoms with Gasteiger partial charge in [0, 0.05) is 17.8 Å². The Balaban J connectivity index is 2.17. The zero-order chi connectivity index (χ0) is 12.4. The Labute approximate surface area is 99.8 Å². The summed E-state index contributed by atoms with van der Waals surface area (Å²) in [6.07, 6.45) is 4.00. The molecular weight excluding hydrogens is 224 g/mol. The maximum atomic E-state index is 13.5. The van der Waals surface area contributed by atoms with E-state index >= 15 is 0 Å². The average molecular weight is 241 g/mol. The van der Waals surface area contributed by atoms with Crippen molar-refractivity contribution in [3.8, 4) is 5.75 Å². The molecule has 0 heterocycles. The van der Waals surface area contributed by atoms with Crippen molar-refractivity contribution < 1.29 is 13.5 Å². The summed E-state index contributed by atoms with van der Waals surface area (Å²) in [5.41, 5.74) is 5.43. The van der Waals surface area contributed by atoms with E-state index in [1.165, 1.54) is 0 Å². The first-order valence-electron chi connectivity index (χ1n) is 5.99. The fourth-order valence-electron chi connectivity index (χ4n) is 2.30. The molecule has 0 saturated heterocycles. The van der Waals surface area contributed by atoms with Crippen molar-refractivity contribution in [2.45, 2.75) is 38.7 Å². The third-order valence-corrected chi connectivity index (χ3v) is 3.32. The summed E-state index contributed by atoms with van der Waals surface area (Å²) in [6.45, 7) is 2.05. The molecule has 2 atom stereocenters. The molecule has 0 spiro atoms. The molecule has 0 radical (unpaired) electrons. The van der Waals surface area contributed by atoms with Crippen molar-refractivity contribution in [1.82, 2.24) is 0 Å². The van der Waals surface area contributed by atoms with Gasteiger partial charge in [-0.25, -0.2) is 8.78 Å². The number of rotatable bonds is 2. The lowest BCUT2D eigenvalue weighted by molar-refractivity contribution is 0.0933. The Morgan fingerprint density at radius 1 is 1.18 bits per heavy atom. The van der Waals surface area contributed by atoms with E-state index in [9.17, 15) is 8.78 Å². The van der Waals surface area contributed by atoms with Gasteiger partial charge in [-0.15, -0.1) is 0 Å². The average Bonchev–Trinajstić information content (AvgIpc) is 2.25. The third kappa shape index (κ3) is 2.68. The van der Waals surface area contributed by atoms with Crippen LogP contribution >= 0.6 is 0 Å². The monoisotopic (exact) mass is 241 g/mol. The highest BCUT2D eigenvalue weighted by Crippen LogP contribution is 2.31. The predicted molar refractivity (Wildman–Crippen MR) is 62.8 cm³/mol. The Hall–Kier alpha value is -1.32. The van der Waals surface area contributed by atoms with Crippen LogP contribution in [-0.2, 0) is 0 Å². The molecule has 17 heavy (non-hydrogen) atoms. The lowest BCUT2D eigenvalue weighted by Gasteiger charge is -2.29. The van der Waals surface area contributed by atoms with E-state index in [0.717, 1.165) is 37.8 Å². The molecule has 1 fully saturated rings. The molecule has 2 rings (SSSR count). The summed E-state index contributed by atoms with van der Waals surface area (Å²) in [6, 6.07) is 2.18. The Bertz CT molecular complexity index is 385. The topological polar surface area (TPSA) is 35.2 Å². The van der Waals surface area contributed by atoms with Crippen LogP contribution in [0.25, 0.3) is 0 Å². The van der Waals surface area contributed by atoms with Crippen molar-refractivity contribution in [1.29, 1.82) is 0 Å². The Morgan fingerprint density at radius 3 is 2.35 bits per heavy atom. The number of anilines is 1. The van der Waals surface area contributed by atoms with Crippen molar-refractivity contribution in [3.05, 3.63) is 23.8 Å². The molecule has 1 aliphatic rings. The van der Waals surface area contributed by atoms with Gasteiger partial charge < -0.3 is 10.5 Å². The van der Waals surface area contributed by atoms with Crippen molar-refractivity contribution in [3.63, 3.8) is 0 Å². The Kier molecular flexibility index (Phi) is 3.50. The lowest BCUT2D eigenvalue weighted by Crippen LogP contribution is -2.29. The van der Waals surface area contributed by atoms with Crippen LogP contribution in [0.15, 0.2) is 12.1 Å². The maximum Gasteiger partial charge on any atom is 0.191 e. The smallest absolute Gasteiger partial charge is 0.191 e. The molecule has 2 N–H and O–H groups in total. The van der Waals surface area contributed by atoms with Crippen LogP contribution in [0.2, 0.25) is 0 Å². The quantitative estimate of drug-likeness (QED) is 0.804. The van der Waals surface area contributed by atoms with E-state index in [4.69, 9.17) is 10.5 Å². The third-order valence-electron chi connectivity index (χ3n) is 3.32. The van der Waals surface area contributed by atoms with Crippen LogP contribution in [0.3, 0.4) is 0 Å². The van der Waals surface area contributed by atoms with Crippen LogP contribution in [0.5, 0.6) is 5.75 Å². The van der Waals surface area contributed by atoms with Crippen molar-refractivity contribution >= 4 is 5.69 Å². The second-order valence-corrected chi connectivity index (χ2v) is 4.73. The molecule has 4 heteroatoms. The van der Waals surface area contributed by atoms with Crippen LogP contribution in [0, 0.1) is 17.6 Å². The fourth-order valence-corrected chi connectivity index (χ4v) is 2.30. The van der Waals surface area contributed by atoms with Crippen molar-refractivity contribution in [2.24, 2.45) is 5.92 Å². The summed E-state index contributed by atoms with van der Waals surface area (Å²) >= 11 is 0. The molecule has 94 valence electrons. The zero-order valence-electron chi connectivity index (χ0n) is 9.88. The van der Waals surface area contributed by atoms with Gasteiger partial charge in [0.05, 0.1) is 0 Å². The number of nitrogen functional groups attached to an aromatic ring is 1. The second-order valence-electron chi connectivity index (χ2n) is 4.73. The minimum absolute atomic E-state index is 0.0732. The van der Waals surface area contributed by atoms with Crippen LogP contribution in [-0.4, -0.2) is 6.10 Å². The number of nitrogens with two attached hydrogens (primary N) is 1. The highest BCUT2D eigenvalue weighted by molar-refractivity contribution is 5.44. The molecule has 2 nitrogen and oxygen atoms in total. The molecule has 1 aromatic carbocycles. The maximum absolute atomic E-state index is 13.5. The van der Waals surface area contributed by atoms with E-state index in [2.05, 4.69) is 6.92 Å². The van der Waals surface area contributed by atoms with Gasteiger partial charge in [-0.2, -0.15) is 0 Å². The number of hydrogen-bond donors (Lipinski definition) is 1. The predicted octanol–water partition coefficient (Wildman–Crippen LogP) is 3.50. The summed E-state index contributed by atoms with van der Waals surface area (Å²) in [5, 5.41) is 0. The minimum Gasteiger partial charge on any atom is -0.484 e. The number of ether oxygens (including phenoxy) is 1. The van der Waals surface area contributed by atoms with E-state index < -0.39 is 11.6 Å². The van der Waals surface area contributed by atoms with Crippen LogP contribution < -0.4 is 10.5 Å². The van der Waals surface area contributed by atoms with Gasteiger partial charge in [0.15, 0.2) is 17.4 Å². The summed E-state index contributed by atoms with van der Waals surface area (Å²) in [7, 11) is 0. The van der Waals surface area contributed by atoms with Gasteiger partial charge >= 0.3 is 0 Å². The highest BCUT2D eigenvalue weighted by Gasteiger charge is 2.25. The standard InChI is InChI=1S/C13H17F2NO/c1-8-4-2-3-5-12(8)17-13-10(14)6-9(16)7-11(13)15/h6-8,12H,2-5,16H2,1H3. The first-order chi connectivity index (χ1) is 8.08. The fraction of sp³-hybridized carbons (Fsp3) is 0.538. The number of hydrogen-bond acceptors (Lipinski definition) is 2. The molecule has 0 aromatic heterocycles. The SMILES string of the molecule is CC1CCCCC1Oc1c(F)cc(N)cc1F. The van der Waals surface area contributed by atoms with E-state index in [1.54, 1.807) is 0 Å². The molecule has 1 aromatic rings. The van der Waals surface area contributed by atoms with Gasteiger partial charge in [0.1, 0.15) is 6.10 Å². The molecule has 0 aliphatic heterocycles. The van der Waals surface area contributed by atoms with E-state index in [0.29, 0.717) is 5.92 Å². The van der Waals surface area contributed by atoms with Gasteiger partial charge in [0.25, 0.3) is 0 Å². The van der Waals surface area contributed by atoms with Gasteiger partial charge in [0.2, 0.25) is 0 Å². The number of benzene rings is 1. The summed E-state index contributed by atoms with van der Waals surface area (Å²) in [5.74, 6) is -1.40. The molecule has 0 bridgehead atoms. The molecule has 1 saturated carbocycles. The van der Waals surface area contributed by atoms with Crippen molar-refractivity contribution in [2.75, 3.05) is 5.73 Å². The van der Waals surface area contributed by atoms with Crippen LogP contribution in [0.4, 0.5) is 14.5 Å². The minimum atomic E-state index is -0.722. The molecule has 1 aliphatic carbocycles. The normalized spacial score (nSPS) is 24.6. The second kappa shape index (κ2) is 4.90. The lowest BCUT2D eigenvalue weighted by atomic mass is 9.88. The highest BCUT2D eigenvalue weighted by atomic mass is 19.1. The molecular formula is C13H17F2NO. The first kappa shape index (κ1) is 12.1.